The van der Waals surface area contributed by atoms with Gasteiger partial charge in [-0.2, -0.15) is 13.8 Å². The minimum absolute atomic E-state index is 0.00747. The lowest BCUT2D eigenvalue weighted by atomic mass is 9.92. The molecule has 5 rings (SSSR count). The van der Waals surface area contributed by atoms with Gasteiger partial charge in [-0.3, -0.25) is 4.79 Å². The molecule has 31 heavy (non-hydrogen) atoms. The van der Waals surface area contributed by atoms with Gasteiger partial charge in [-0.1, -0.05) is 0 Å². The fourth-order valence-electron chi connectivity index (χ4n) is 4.71. The van der Waals surface area contributed by atoms with Crippen LogP contribution in [0.3, 0.4) is 0 Å². The fourth-order valence-corrected chi connectivity index (χ4v) is 4.71. The summed E-state index contributed by atoms with van der Waals surface area (Å²) in [6, 6.07) is 0.270. The summed E-state index contributed by atoms with van der Waals surface area (Å²) in [5.74, 6) is -1.88. The van der Waals surface area contributed by atoms with Crippen LogP contribution in [-0.4, -0.2) is 85.3 Å². The second-order valence-electron chi connectivity index (χ2n) is 9.03. The third-order valence-corrected chi connectivity index (χ3v) is 6.87. The molecule has 1 aromatic rings. The Labute approximate surface area is 180 Å². The van der Waals surface area contributed by atoms with Crippen LogP contribution in [0.2, 0.25) is 0 Å². The minimum Gasteiger partial charge on any atom is -0.365 e. The molecule has 3 aliphatic heterocycles. The van der Waals surface area contributed by atoms with Crippen LogP contribution in [0.15, 0.2) is 0 Å². The van der Waals surface area contributed by atoms with Crippen molar-refractivity contribution in [3.8, 4) is 0 Å². The third kappa shape index (κ3) is 3.95. The number of carbonyl (C=O) groups excluding carboxylic acids is 1. The van der Waals surface area contributed by atoms with Gasteiger partial charge in [0.05, 0.1) is 6.10 Å². The number of carbonyl (C=O) groups is 1. The topological polar surface area (TPSA) is 73.8 Å². The number of fused-ring (bicyclic) bond motifs is 1. The highest BCUT2D eigenvalue weighted by Gasteiger charge is 2.43. The Kier molecular flexibility index (Phi) is 5.45. The highest BCUT2D eigenvalue weighted by atomic mass is 19.3. The van der Waals surface area contributed by atoms with Gasteiger partial charge < -0.3 is 24.8 Å². The van der Waals surface area contributed by atoms with E-state index in [0.29, 0.717) is 56.4 Å². The second-order valence-corrected chi connectivity index (χ2v) is 9.03. The summed E-state index contributed by atoms with van der Waals surface area (Å²) < 4.78 is 35.2. The number of aromatic nitrogens is 2. The smallest absolute Gasteiger partial charge is 0.290 e. The first-order valence-corrected chi connectivity index (χ1v) is 11.3. The summed E-state index contributed by atoms with van der Waals surface area (Å²) in [5.41, 5.74) is 0.472. The predicted octanol–water partition coefficient (Wildman–Crippen LogP) is 1.14. The molecule has 0 spiro atoms. The molecule has 1 aromatic heterocycles. The maximum atomic E-state index is 14.7. The summed E-state index contributed by atoms with van der Waals surface area (Å²) >= 11 is 0. The number of alkyl halides is 2. The largest absolute Gasteiger partial charge is 0.365 e. The molecule has 0 aromatic carbocycles. The number of nitrogens with one attached hydrogen (secondary N) is 1. The number of piperazine rings is 1. The van der Waals surface area contributed by atoms with Crippen molar-refractivity contribution in [2.45, 2.75) is 50.7 Å². The molecule has 0 bridgehead atoms. The number of hydrogen-bond acceptors (Lipinski definition) is 7. The van der Waals surface area contributed by atoms with Crippen LogP contribution >= 0.6 is 0 Å². The molecule has 3 fully saturated rings. The summed E-state index contributed by atoms with van der Waals surface area (Å²) in [7, 11) is 0. The average Bonchev–Trinajstić information content (AvgIpc) is 2.72. The Bertz CT molecular complexity index is 841. The maximum Gasteiger partial charge on any atom is 0.290 e. The molecule has 1 aliphatic carbocycles. The van der Waals surface area contributed by atoms with E-state index in [9.17, 15) is 13.6 Å². The van der Waals surface area contributed by atoms with Gasteiger partial charge in [0.15, 0.2) is 0 Å². The minimum atomic E-state index is -2.91. The SMILES string of the molecule is C[C@H]1CCN1c1nc(N2CC(OCC(=O)N3CCNCC3)C2)c2c(n1)C(F)(F)CCC2. The number of anilines is 2. The Morgan fingerprint density at radius 3 is 2.68 bits per heavy atom. The molecule has 0 saturated carbocycles. The van der Waals surface area contributed by atoms with Gasteiger partial charge in [0.1, 0.15) is 18.1 Å². The Hall–Kier alpha value is -2.07. The second kappa shape index (κ2) is 8.12. The zero-order valence-corrected chi connectivity index (χ0v) is 17.9. The molecule has 1 atom stereocenters. The third-order valence-electron chi connectivity index (χ3n) is 6.87. The van der Waals surface area contributed by atoms with E-state index in [4.69, 9.17) is 9.72 Å². The molecule has 0 radical (unpaired) electrons. The lowest BCUT2D eigenvalue weighted by Crippen LogP contribution is -2.55. The van der Waals surface area contributed by atoms with Gasteiger partial charge >= 0.3 is 0 Å². The van der Waals surface area contributed by atoms with Crippen LogP contribution < -0.4 is 15.1 Å². The Morgan fingerprint density at radius 2 is 2.00 bits per heavy atom. The van der Waals surface area contributed by atoms with Crippen molar-refractivity contribution in [2.75, 3.05) is 62.2 Å². The van der Waals surface area contributed by atoms with Crippen molar-refractivity contribution in [1.82, 2.24) is 20.2 Å². The number of amides is 1. The van der Waals surface area contributed by atoms with E-state index < -0.39 is 5.92 Å². The predicted molar refractivity (Wildman–Crippen MR) is 112 cm³/mol. The highest BCUT2D eigenvalue weighted by molar-refractivity contribution is 5.77. The molecule has 4 heterocycles. The number of hydrogen-bond donors (Lipinski definition) is 1. The monoisotopic (exact) mass is 436 g/mol. The zero-order valence-electron chi connectivity index (χ0n) is 17.9. The van der Waals surface area contributed by atoms with Crippen LogP contribution in [-0.2, 0) is 21.9 Å². The Balaban J connectivity index is 1.27. The summed E-state index contributed by atoms with van der Waals surface area (Å²) in [6.07, 6.45) is 1.77. The first-order chi connectivity index (χ1) is 14.9. The van der Waals surface area contributed by atoms with E-state index in [1.807, 2.05) is 14.7 Å². The summed E-state index contributed by atoms with van der Waals surface area (Å²) in [6.45, 7) is 7.06. The van der Waals surface area contributed by atoms with Crippen molar-refractivity contribution >= 4 is 17.7 Å². The first kappa shape index (κ1) is 20.8. The van der Waals surface area contributed by atoms with Crippen molar-refractivity contribution in [3.05, 3.63) is 11.3 Å². The lowest BCUT2D eigenvalue weighted by Gasteiger charge is -2.43. The van der Waals surface area contributed by atoms with E-state index in [1.165, 1.54) is 0 Å². The van der Waals surface area contributed by atoms with E-state index in [2.05, 4.69) is 17.2 Å². The molecule has 170 valence electrons. The molecular weight excluding hydrogens is 406 g/mol. The van der Waals surface area contributed by atoms with Gasteiger partial charge in [-0.15, -0.1) is 0 Å². The molecule has 1 amide bonds. The summed E-state index contributed by atoms with van der Waals surface area (Å²) in [5, 5.41) is 3.22. The van der Waals surface area contributed by atoms with Crippen LogP contribution in [0.1, 0.15) is 37.4 Å². The van der Waals surface area contributed by atoms with E-state index in [0.717, 1.165) is 26.1 Å². The Morgan fingerprint density at radius 1 is 1.23 bits per heavy atom. The maximum absolute atomic E-state index is 14.7. The molecular formula is C21H30F2N6O2. The van der Waals surface area contributed by atoms with Gasteiger partial charge in [-0.05, 0) is 26.2 Å². The number of ether oxygens (including phenoxy) is 1. The normalized spacial score (nSPS) is 25.6. The number of halogens is 2. The van der Waals surface area contributed by atoms with E-state index in [-0.39, 0.29) is 36.8 Å². The molecule has 8 nitrogen and oxygen atoms in total. The quantitative estimate of drug-likeness (QED) is 0.742. The van der Waals surface area contributed by atoms with Crippen molar-refractivity contribution < 1.29 is 18.3 Å². The molecule has 4 aliphatic rings. The molecule has 0 unspecified atom stereocenters. The van der Waals surface area contributed by atoms with Gasteiger partial charge in [0, 0.05) is 63.8 Å². The molecule has 10 heteroatoms. The zero-order chi connectivity index (χ0) is 21.6. The number of rotatable bonds is 5. The highest BCUT2D eigenvalue weighted by Crippen LogP contribution is 2.43. The van der Waals surface area contributed by atoms with Gasteiger partial charge in [-0.25, -0.2) is 4.98 Å². The van der Waals surface area contributed by atoms with Gasteiger partial charge in [0.25, 0.3) is 5.92 Å². The average molecular weight is 437 g/mol. The first-order valence-electron chi connectivity index (χ1n) is 11.3. The van der Waals surface area contributed by atoms with Gasteiger partial charge in [0.2, 0.25) is 11.9 Å². The molecule has 3 saturated heterocycles. The standard InChI is InChI=1S/C21H30F2N6O2/c1-14-4-8-29(14)20-25-18-16(3-2-5-21(18,22)23)19(26-20)28-11-15(12-28)31-13-17(30)27-9-6-24-7-10-27/h14-15,24H,2-13H2,1H3/t14-/m0/s1. The van der Waals surface area contributed by atoms with Crippen molar-refractivity contribution in [3.63, 3.8) is 0 Å². The lowest BCUT2D eigenvalue weighted by molar-refractivity contribution is -0.139. The fraction of sp³-hybridized carbons (Fsp3) is 0.762. The molecule has 1 N–H and O–H groups in total. The van der Waals surface area contributed by atoms with Crippen molar-refractivity contribution in [2.24, 2.45) is 0 Å². The number of nitrogens with zero attached hydrogens (tertiary/aromatic N) is 5. The van der Waals surface area contributed by atoms with Crippen LogP contribution in [0, 0.1) is 0 Å². The van der Waals surface area contributed by atoms with E-state index in [1.54, 1.807) is 0 Å². The van der Waals surface area contributed by atoms with Crippen LogP contribution in [0.4, 0.5) is 20.5 Å². The summed E-state index contributed by atoms with van der Waals surface area (Å²) in [4.78, 5) is 27.1. The van der Waals surface area contributed by atoms with Crippen LogP contribution in [0.5, 0.6) is 0 Å². The van der Waals surface area contributed by atoms with Crippen molar-refractivity contribution in [1.29, 1.82) is 0 Å². The van der Waals surface area contributed by atoms with Crippen LogP contribution in [0.25, 0.3) is 0 Å². The van der Waals surface area contributed by atoms with E-state index >= 15 is 0 Å².